The molecule has 0 fully saturated rings. The summed E-state index contributed by atoms with van der Waals surface area (Å²) in [6.45, 7) is 0. The van der Waals surface area contributed by atoms with Crippen LogP contribution in [-0.4, -0.2) is 16.4 Å². The predicted octanol–water partition coefficient (Wildman–Crippen LogP) is 2.77. The van der Waals surface area contributed by atoms with Crippen molar-refractivity contribution in [3.05, 3.63) is 77.5 Å². The van der Waals surface area contributed by atoms with Crippen LogP contribution < -0.4 is 11.5 Å². The lowest BCUT2D eigenvalue weighted by molar-refractivity contribution is 0.104. The maximum Gasteiger partial charge on any atom is 0.325 e. The first-order valence-corrected chi connectivity index (χ1v) is 7.45. The quantitative estimate of drug-likeness (QED) is 0.718. The van der Waals surface area contributed by atoms with Crippen LogP contribution in [0.15, 0.2) is 60.7 Å². The number of nitrogens with zero attached hydrogens (tertiary/aromatic N) is 2. The molecular weight excluding hydrogens is 316 g/mol. The first-order chi connectivity index (χ1) is 12.1. The van der Waals surface area contributed by atoms with Crippen molar-refractivity contribution < 1.29 is 9.59 Å². The lowest BCUT2D eigenvalue weighted by Gasteiger charge is -2.05. The average molecular weight is 330 g/mol. The number of ketones is 1. The molecule has 122 valence electrons. The van der Waals surface area contributed by atoms with Crippen molar-refractivity contribution in [1.82, 2.24) is 4.57 Å². The Kier molecular flexibility index (Phi) is 4.06. The summed E-state index contributed by atoms with van der Waals surface area (Å²) in [4.78, 5) is 24.8. The molecule has 0 unspecified atom stereocenters. The molecule has 6 nitrogen and oxygen atoms in total. The van der Waals surface area contributed by atoms with Gasteiger partial charge in [-0.2, -0.15) is 5.26 Å². The molecular formula is C19H14N4O2. The Bertz CT molecular complexity index is 999. The highest BCUT2D eigenvalue weighted by Gasteiger charge is 2.29. The van der Waals surface area contributed by atoms with Crippen LogP contribution >= 0.6 is 0 Å². The van der Waals surface area contributed by atoms with E-state index in [0.717, 1.165) is 4.57 Å². The molecule has 1 amide bonds. The molecule has 0 saturated heterocycles. The molecule has 1 aromatic heterocycles. The van der Waals surface area contributed by atoms with Crippen LogP contribution in [0.1, 0.15) is 21.6 Å². The zero-order chi connectivity index (χ0) is 18.0. The average Bonchev–Trinajstić information content (AvgIpc) is 2.95. The summed E-state index contributed by atoms with van der Waals surface area (Å²) in [6, 6.07) is 18.4. The Morgan fingerprint density at radius 2 is 1.52 bits per heavy atom. The number of aromatic nitrogens is 1. The maximum absolute atomic E-state index is 13.0. The Morgan fingerprint density at radius 3 is 2.04 bits per heavy atom. The van der Waals surface area contributed by atoms with Crippen molar-refractivity contribution in [2.75, 3.05) is 5.73 Å². The number of carbonyl (C=O) groups is 2. The normalized spacial score (nSPS) is 10.2. The molecule has 2 aromatic carbocycles. The van der Waals surface area contributed by atoms with Gasteiger partial charge in [0.2, 0.25) is 0 Å². The van der Waals surface area contributed by atoms with E-state index in [1.165, 1.54) is 0 Å². The van der Waals surface area contributed by atoms with Crippen LogP contribution in [0, 0.1) is 11.3 Å². The molecule has 0 aliphatic heterocycles. The Balaban J connectivity index is 2.37. The van der Waals surface area contributed by atoms with Crippen molar-refractivity contribution in [1.29, 1.82) is 5.26 Å². The fraction of sp³-hybridized carbons (Fsp3) is 0. The largest absolute Gasteiger partial charge is 0.384 e. The molecule has 1 heterocycles. The topological polar surface area (TPSA) is 115 Å². The number of nitrogens with two attached hydrogens (primary N) is 2. The van der Waals surface area contributed by atoms with Gasteiger partial charge in [-0.3, -0.25) is 4.79 Å². The van der Waals surface area contributed by atoms with Crippen molar-refractivity contribution in [3.63, 3.8) is 0 Å². The van der Waals surface area contributed by atoms with Gasteiger partial charge in [-0.25, -0.2) is 9.36 Å². The number of carbonyl (C=O) groups excluding carboxylic acids is 2. The molecule has 0 aliphatic carbocycles. The number of nitriles is 1. The van der Waals surface area contributed by atoms with E-state index in [2.05, 4.69) is 0 Å². The second-order valence-corrected chi connectivity index (χ2v) is 5.33. The van der Waals surface area contributed by atoms with Gasteiger partial charge in [-0.15, -0.1) is 0 Å². The summed E-state index contributed by atoms with van der Waals surface area (Å²) in [5, 5.41) is 9.55. The second-order valence-electron chi connectivity index (χ2n) is 5.33. The van der Waals surface area contributed by atoms with E-state index in [0.29, 0.717) is 16.7 Å². The number of anilines is 1. The van der Waals surface area contributed by atoms with Crippen molar-refractivity contribution >= 4 is 17.6 Å². The number of hydrogen-bond acceptors (Lipinski definition) is 4. The lowest BCUT2D eigenvalue weighted by Crippen LogP contribution is -2.23. The molecule has 4 N–H and O–H groups in total. The number of nitrogen functional groups attached to an aromatic ring is 1. The zero-order valence-corrected chi connectivity index (χ0v) is 13.1. The minimum absolute atomic E-state index is 0.0597. The molecule has 0 radical (unpaired) electrons. The summed E-state index contributed by atoms with van der Waals surface area (Å²) < 4.78 is 0.874. The molecule has 3 rings (SSSR count). The van der Waals surface area contributed by atoms with Gasteiger partial charge in [-0.1, -0.05) is 60.7 Å². The van der Waals surface area contributed by atoms with E-state index in [-0.39, 0.29) is 22.9 Å². The van der Waals surface area contributed by atoms with Crippen LogP contribution in [0.2, 0.25) is 0 Å². The molecule has 3 aromatic rings. The fourth-order valence-corrected chi connectivity index (χ4v) is 2.77. The summed E-state index contributed by atoms with van der Waals surface area (Å²) in [5.74, 6) is -0.523. The number of hydrogen-bond donors (Lipinski definition) is 2. The summed E-state index contributed by atoms with van der Waals surface area (Å²) >= 11 is 0. The van der Waals surface area contributed by atoms with Crippen LogP contribution in [0.4, 0.5) is 10.6 Å². The first-order valence-electron chi connectivity index (χ1n) is 7.45. The van der Waals surface area contributed by atoms with Gasteiger partial charge in [0.25, 0.3) is 0 Å². The van der Waals surface area contributed by atoms with E-state index in [9.17, 15) is 14.9 Å². The van der Waals surface area contributed by atoms with Gasteiger partial charge in [0.05, 0.1) is 5.56 Å². The van der Waals surface area contributed by atoms with Crippen molar-refractivity contribution in [3.8, 4) is 17.2 Å². The highest BCUT2D eigenvalue weighted by molar-refractivity contribution is 6.17. The molecule has 0 saturated carbocycles. The summed E-state index contributed by atoms with van der Waals surface area (Å²) in [5.41, 5.74) is 12.8. The standard InChI is InChI=1S/C19H14N4O2/c20-11-14-15(12-7-3-1-4-8-12)16(18(21)23(14)19(22)25)17(24)13-9-5-2-6-10-13/h1-10H,21H2,(H2,22,25). The van der Waals surface area contributed by atoms with Crippen molar-refractivity contribution in [2.45, 2.75) is 0 Å². The summed E-state index contributed by atoms with van der Waals surface area (Å²) in [7, 11) is 0. The highest BCUT2D eigenvalue weighted by Crippen LogP contribution is 2.35. The van der Waals surface area contributed by atoms with E-state index in [4.69, 9.17) is 11.5 Å². The van der Waals surface area contributed by atoms with Gasteiger partial charge in [0, 0.05) is 11.1 Å². The summed E-state index contributed by atoms with van der Waals surface area (Å²) in [6.07, 6.45) is 0. The van der Waals surface area contributed by atoms with Crippen LogP contribution in [0.25, 0.3) is 11.1 Å². The minimum atomic E-state index is -0.918. The van der Waals surface area contributed by atoms with E-state index in [1.54, 1.807) is 54.6 Å². The number of amides is 1. The van der Waals surface area contributed by atoms with Gasteiger partial charge in [-0.05, 0) is 5.56 Å². The molecule has 0 atom stereocenters. The SMILES string of the molecule is N#Cc1c(-c2ccccc2)c(C(=O)c2ccccc2)c(N)n1C(N)=O. The number of primary amides is 1. The Labute approximate surface area is 143 Å². The third-order valence-corrected chi connectivity index (χ3v) is 3.86. The lowest BCUT2D eigenvalue weighted by atomic mass is 9.95. The first kappa shape index (κ1) is 16.0. The third-order valence-electron chi connectivity index (χ3n) is 3.86. The smallest absolute Gasteiger partial charge is 0.325 e. The minimum Gasteiger partial charge on any atom is -0.384 e. The fourth-order valence-electron chi connectivity index (χ4n) is 2.77. The molecule has 6 heteroatoms. The molecule has 25 heavy (non-hydrogen) atoms. The van der Waals surface area contributed by atoms with E-state index >= 15 is 0 Å². The highest BCUT2D eigenvalue weighted by atomic mass is 16.2. The number of rotatable bonds is 3. The van der Waals surface area contributed by atoms with Gasteiger partial charge >= 0.3 is 6.03 Å². The van der Waals surface area contributed by atoms with Gasteiger partial charge in [0.15, 0.2) is 5.78 Å². The maximum atomic E-state index is 13.0. The van der Waals surface area contributed by atoms with Crippen LogP contribution in [0.5, 0.6) is 0 Å². The molecule has 0 aliphatic rings. The second kappa shape index (κ2) is 6.34. The van der Waals surface area contributed by atoms with Gasteiger partial charge < -0.3 is 11.5 Å². The molecule has 0 spiro atoms. The Hall–Kier alpha value is -3.85. The van der Waals surface area contributed by atoms with Gasteiger partial charge in [0.1, 0.15) is 17.6 Å². The van der Waals surface area contributed by atoms with Crippen molar-refractivity contribution in [2.24, 2.45) is 5.73 Å². The Morgan fingerprint density at radius 1 is 0.960 bits per heavy atom. The predicted molar refractivity (Wildman–Crippen MR) is 93.9 cm³/mol. The molecule has 0 bridgehead atoms. The van der Waals surface area contributed by atoms with E-state index in [1.807, 2.05) is 12.1 Å². The van der Waals surface area contributed by atoms with Crippen LogP contribution in [0.3, 0.4) is 0 Å². The van der Waals surface area contributed by atoms with E-state index < -0.39 is 6.03 Å². The zero-order valence-electron chi connectivity index (χ0n) is 13.1. The monoisotopic (exact) mass is 330 g/mol. The van der Waals surface area contributed by atoms with Crippen LogP contribution in [-0.2, 0) is 0 Å². The number of benzene rings is 2. The third kappa shape index (κ3) is 2.64.